The Balaban J connectivity index is 1.78. The Bertz CT molecular complexity index is 928. The first-order chi connectivity index (χ1) is 13.3. The normalized spacial score (nSPS) is 22.6. The van der Waals surface area contributed by atoms with Crippen LogP contribution in [-0.4, -0.2) is 27.3 Å². The minimum Gasteiger partial charge on any atom is -0.352 e. The van der Waals surface area contributed by atoms with Gasteiger partial charge in [0.25, 0.3) is 5.56 Å². The van der Waals surface area contributed by atoms with Gasteiger partial charge < -0.3 is 5.32 Å². The highest BCUT2D eigenvalue weighted by molar-refractivity contribution is 7.99. The first-order valence-electron chi connectivity index (χ1n) is 9.92. The van der Waals surface area contributed by atoms with E-state index in [4.69, 9.17) is 11.6 Å². The van der Waals surface area contributed by atoms with Gasteiger partial charge in [-0.25, -0.2) is 4.98 Å². The lowest BCUT2D eigenvalue weighted by atomic mass is 9.78. The molecule has 5 nitrogen and oxygen atoms in total. The van der Waals surface area contributed by atoms with Crippen molar-refractivity contribution in [2.24, 2.45) is 11.8 Å². The van der Waals surface area contributed by atoms with E-state index in [2.05, 4.69) is 24.1 Å². The number of hydrogen-bond donors (Lipinski definition) is 1. The van der Waals surface area contributed by atoms with Crippen LogP contribution in [0.15, 0.2) is 28.2 Å². The first kappa shape index (κ1) is 21.2. The van der Waals surface area contributed by atoms with Gasteiger partial charge in [-0.2, -0.15) is 0 Å². The third-order valence-electron chi connectivity index (χ3n) is 5.73. The van der Waals surface area contributed by atoms with Crippen molar-refractivity contribution in [3.8, 4) is 0 Å². The molecule has 1 saturated carbocycles. The van der Waals surface area contributed by atoms with Crippen LogP contribution in [0, 0.1) is 11.8 Å². The molecule has 3 rings (SSSR count). The summed E-state index contributed by atoms with van der Waals surface area (Å²) in [5.74, 6) is 1.34. The molecule has 0 radical (unpaired) electrons. The molecular weight excluding hydrogens is 394 g/mol. The number of hydrogen-bond acceptors (Lipinski definition) is 4. The maximum atomic E-state index is 12.9. The third kappa shape index (κ3) is 4.54. The van der Waals surface area contributed by atoms with Gasteiger partial charge in [-0.15, -0.1) is 0 Å². The highest BCUT2D eigenvalue weighted by Gasteiger charge is 2.28. The van der Waals surface area contributed by atoms with Gasteiger partial charge in [0.2, 0.25) is 5.91 Å². The van der Waals surface area contributed by atoms with Gasteiger partial charge in [0.15, 0.2) is 5.16 Å². The zero-order valence-corrected chi connectivity index (χ0v) is 18.4. The van der Waals surface area contributed by atoms with E-state index in [1.165, 1.54) is 18.2 Å². The molecule has 1 fully saturated rings. The molecule has 2 aromatic rings. The number of thioether (sulfide) groups is 1. The predicted octanol–water partition coefficient (Wildman–Crippen LogP) is 4.66. The topological polar surface area (TPSA) is 64.0 Å². The van der Waals surface area contributed by atoms with Crippen molar-refractivity contribution < 1.29 is 4.79 Å². The number of aromatic nitrogens is 2. The van der Waals surface area contributed by atoms with E-state index in [9.17, 15) is 9.59 Å². The molecule has 28 heavy (non-hydrogen) atoms. The van der Waals surface area contributed by atoms with Crippen molar-refractivity contribution in [3.63, 3.8) is 0 Å². The number of nitrogens with one attached hydrogen (secondary N) is 1. The summed E-state index contributed by atoms with van der Waals surface area (Å²) in [6.07, 6.45) is 3.42. The Hall–Kier alpha value is -1.53. The van der Waals surface area contributed by atoms with Gasteiger partial charge in [0.1, 0.15) is 0 Å². The minimum atomic E-state index is -0.102. The van der Waals surface area contributed by atoms with Crippen molar-refractivity contribution in [3.05, 3.63) is 33.6 Å². The van der Waals surface area contributed by atoms with E-state index in [0.717, 1.165) is 12.8 Å². The fourth-order valence-corrected chi connectivity index (χ4v) is 4.98. The summed E-state index contributed by atoms with van der Waals surface area (Å²) >= 11 is 7.37. The maximum absolute atomic E-state index is 12.9. The third-order valence-corrected chi connectivity index (χ3v) is 6.92. The molecule has 1 amide bonds. The van der Waals surface area contributed by atoms with E-state index < -0.39 is 0 Å². The van der Waals surface area contributed by atoms with E-state index in [-0.39, 0.29) is 29.3 Å². The summed E-state index contributed by atoms with van der Waals surface area (Å²) in [6, 6.07) is 5.28. The van der Waals surface area contributed by atoms with Crippen LogP contribution in [0.1, 0.15) is 53.0 Å². The molecule has 1 aliphatic carbocycles. The lowest BCUT2D eigenvalue weighted by Gasteiger charge is -2.34. The van der Waals surface area contributed by atoms with Crippen molar-refractivity contribution in [1.29, 1.82) is 0 Å². The van der Waals surface area contributed by atoms with Gasteiger partial charge in [0, 0.05) is 17.1 Å². The number of benzene rings is 1. The number of fused-ring (bicyclic) bond motifs is 1. The first-order valence-corrected chi connectivity index (χ1v) is 11.3. The van der Waals surface area contributed by atoms with Crippen molar-refractivity contribution in [1.82, 2.24) is 14.9 Å². The number of nitrogens with zero attached hydrogens (tertiary/aromatic N) is 2. The molecule has 1 aliphatic rings. The van der Waals surface area contributed by atoms with Crippen LogP contribution in [0.5, 0.6) is 0 Å². The SMILES string of the molecule is CC(C)n1c(SCC(=O)N[C@H]2CCC[C@H](C)[C@H]2C)nc2cc(Cl)ccc2c1=O. The molecule has 1 aromatic heterocycles. The molecule has 152 valence electrons. The van der Waals surface area contributed by atoms with Crippen molar-refractivity contribution >= 4 is 40.2 Å². The zero-order valence-electron chi connectivity index (χ0n) is 16.9. The van der Waals surface area contributed by atoms with E-state index in [1.54, 1.807) is 22.8 Å². The quantitative estimate of drug-likeness (QED) is 0.563. The summed E-state index contributed by atoms with van der Waals surface area (Å²) in [5.41, 5.74) is 0.460. The Morgan fingerprint density at radius 1 is 1.36 bits per heavy atom. The zero-order chi connectivity index (χ0) is 20.4. The molecule has 7 heteroatoms. The molecule has 1 heterocycles. The fourth-order valence-electron chi connectivity index (χ4n) is 3.87. The molecule has 0 aliphatic heterocycles. The summed E-state index contributed by atoms with van der Waals surface area (Å²) in [7, 11) is 0. The van der Waals surface area contributed by atoms with Gasteiger partial charge in [-0.05, 0) is 50.3 Å². The lowest BCUT2D eigenvalue weighted by molar-refractivity contribution is -0.120. The van der Waals surface area contributed by atoms with Crippen LogP contribution in [-0.2, 0) is 4.79 Å². The summed E-state index contributed by atoms with van der Waals surface area (Å²) in [6.45, 7) is 8.36. The van der Waals surface area contributed by atoms with Crippen molar-refractivity contribution in [2.45, 2.75) is 64.2 Å². The average molecular weight is 422 g/mol. The van der Waals surface area contributed by atoms with Crippen LogP contribution in [0.2, 0.25) is 5.02 Å². The second-order valence-corrected chi connectivity index (χ2v) is 9.43. The van der Waals surface area contributed by atoms with Crippen LogP contribution < -0.4 is 10.9 Å². The van der Waals surface area contributed by atoms with Gasteiger partial charge >= 0.3 is 0 Å². The Morgan fingerprint density at radius 2 is 2.11 bits per heavy atom. The van der Waals surface area contributed by atoms with Crippen LogP contribution in [0.25, 0.3) is 10.9 Å². The van der Waals surface area contributed by atoms with E-state index >= 15 is 0 Å². The predicted molar refractivity (Wildman–Crippen MR) is 116 cm³/mol. The summed E-state index contributed by atoms with van der Waals surface area (Å²) in [4.78, 5) is 30.1. The average Bonchev–Trinajstić information content (AvgIpc) is 2.63. The van der Waals surface area contributed by atoms with E-state index in [1.807, 2.05) is 13.8 Å². The lowest BCUT2D eigenvalue weighted by Crippen LogP contribution is -2.44. The minimum absolute atomic E-state index is 0.00769. The van der Waals surface area contributed by atoms with Gasteiger partial charge in [-0.3, -0.25) is 14.2 Å². The van der Waals surface area contributed by atoms with Crippen LogP contribution in [0.3, 0.4) is 0 Å². The Kier molecular flexibility index (Phi) is 6.71. The number of amides is 1. The Morgan fingerprint density at radius 3 is 2.82 bits per heavy atom. The van der Waals surface area contributed by atoms with Crippen LogP contribution >= 0.6 is 23.4 Å². The molecule has 1 N–H and O–H groups in total. The second-order valence-electron chi connectivity index (χ2n) is 8.05. The molecule has 0 saturated heterocycles. The standard InChI is InChI=1S/C21H28ClN3O2S/c1-12(2)25-20(27)16-9-8-15(22)10-18(16)24-21(25)28-11-19(26)23-17-7-5-6-13(3)14(17)4/h8-10,12-14,17H,5-7,11H2,1-4H3,(H,23,26)/t13-,14+,17-/m0/s1. The molecular formula is C21H28ClN3O2S. The monoisotopic (exact) mass is 421 g/mol. The molecule has 0 spiro atoms. The van der Waals surface area contributed by atoms with Gasteiger partial charge in [-0.1, -0.05) is 50.1 Å². The summed E-state index contributed by atoms with van der Waals surface area (Å²) in [5, 5.41) is 4.81. The molecule has 3 atom stereocenters. The summed E-state index contributed by atoms with van der Waals surface area (Å²) < 4.78 is 1.65. The highest BCUT2D eigenvalue weighted by atomic mass is 35.5. The molecule has 1 aromatic carbocycles. The fraction of sp³-hybridized carbons (Fsp3) is 0.571. The van der Waals surface area contributed by atoms with Crippen molar-refractivity contribution in [2.75, 3.05) is 5.75 Å². The maximum Gasteiger partial charge on any atom is 0.262 e. The molecule has 0 unspecified atom stereocenters. The largest absolute Gasteiger partial charge is 0.352 e. The number of halogens is 1. The number of rotatable bonds is 5. The molecule has 0 bridgehead atoms. The van der Waals surface area contributed by atoms with E-state index in [0.29, 0.717) is 32.9 Å². The number of carbonyl (C=O) groups excluding carboxylic acids is 1. The number of carbonyl (C=O) groups is 1. The van der Waals surface area contributed by atoms with Crippen LogP contribution in [0.4, 0.5) is 0 Å². The highest BCUT2D eigenvalue weighted by Crippen LogP contribution is 2.29. The Labute approximate surface area is 175 Å². The smallest absolute Gasteiger partial charge is 0.262 e. The van der Waals surface area contributed by atoms with Gasteiger partial charge in [0.05, 0.1) is 16.7 Å². The second kappa shape index (κ2) is 8.87.